The lowest BCUT2D eigenvalue weighted by atomic mass is 10.3. The Balaban J connectivity index is 2.49. The van der Waals surface area contributed by atoms with Crippen molar-refractivity contribution >= 4 is 28.3 Å². The summed E-state index contributed by atoms with van der Waals surface area (Å²) in [4.78, 5) is 4.32. The molecule has 12 heavy (non-hydrogen) atoms. The van der Waals surface area contributed by atoms with E-state index in [4.69, 9.17) is 4.74 Å². The van der Waals surface area contributed by atoms with E-state index in [1.54, 1.807) is 0 Å². The molecule has 1 aromatic heterocycles. The Bertz CT molecular complexity index is 283. The van der Waals surface area contributed by atoms with Gasteiger partial charge in [0, 0.05) is 6.54 Å². The van der Waals surface area contributed by atoms with Gasteiger partial charge in [-0.2, -0.15) is 0 Å². The third-order valence-electron chi connectivity index (χ3n) is 1.77. The number of nitrogens with zero attached hydrogens (tertiary/aromatic N) is 1. The van der Waals surface area contributed by atoms with Crippen LogP contribution >= 0.6 is 22.6 Å². The van der Waals surface area contributed by atoms with Crippen LogP contribution in [0.5, 0.6) is 5.88 Å². The number of aryl methyl sites for hydroxylation is 1. The molecule has 2 heterocycles. The molecule has 64 valence electrons. The summed E-state index contributed by atoms with van der Waals surface area (Å²) in [6, 6.07) is 2.07. The molecule has 0 saturated carbocycles. The molecule has 0 aromatic carbocycles. The van der Waals surface area contributed by atoms with Crippen LogP contribution in [-0.2, 0) is 0 Å². The average molecular weight is 276 g/mol. The van der Waals surface area contributed by atoms with Crippen molar-refractivity contribution in [3.63, 3.8) is 0 Å². The summed E-state index contributed by atoms with van der Waals surface area (Å²) in [5.41, 5.74) is 2.20. The smallest absolute Gasteiger partial charge is 0.238 e. The summed E-state index contributed by atoms with van der Waals surface area (Å²) < 4.78 is 6.39. The fraction of sp³-hybridized carbons (Fsp3) is 0.375. The molecule has 4 heteroatoms. The van der Waals surface area contributed by atoms with Gasteiger partial charge in [-0.3, -0.25) is 0 Å². The predicted molar refractivity (Wildman–Crippen MR) is 55.7 cm³/mol. The number of pyridine rings is 1. The van der Waals surface area contributed by atoms with Crippen molar-refractivity contribution in [2.75, 3.05) is 18.5 Å². The zero-order valence-corrected chi connectivity index (χ0v) is 8.88. The summed E-state index contributed by atoms with van der Waals surface area (Å²) in [6.07, 6.45) is 0. The van der Waals surface area contributed by atoms with Crippen molar-refractivity contribution in [2.45, 2.75) is 6.92 Å². The minimum absolute atomic E-state index is 0.707. The Labute approximate surface area is 84.7 Å². The maximum absolute atomic E-state index is 5.38. The Hall–Kier alpha value is -0.520. The topological polar surface area (TPSA) is 34.1 Å². The van der Waals surface area contributed by atoms with E-state index in [1.807, 2.05) is 6.92 Å². The first-order valence-electron chi connectivity index (χ1n) is 3.81. The van der Waals surface area contributed by atoms with Crippen LogP contribution in [0.1, 0.15) is 5.56 Å². The number of halogens is 1. The second-order valence-corrected chi connectivity index (χ2v) is 3.75. The molecular weight excluding hydrogens is 267 g/mol. The molecule has 0 aliphatic carbocycles. The third kappa shape index (κ3) is 1.35. The minimum atomic E-state index is 0.707. The Morgan fingerprint density at radius 2 is 2.50 bits per heavy atom. The second kappa shape index (κ2) is 3.08. The van der Waals surface area contributed by atoms with Gasteiger partial charge < -0.3 is 10.1 Å². The molecule has 0 saturated heterocycles. The fourth-order valence-electron chi connectivity index (χ4n) is 1.15. The SMILES string of the molecule is Cc1cc2c(nc1I)OCCN2. The van der Waals surface area contributed by atoms with Gasteiger partial charge in [0.2, 0.25) is 5.88 Å². The Morgan fingerprint density at radius 1 is 1.67 bits per heavy atom. The number of rotatable bonds is 0. The van der Waals surface area contributed by atoms with Gasteiger partial charge in [-0.15, -0.1) is 0 Å². The summed E-state index contributed by atoms with van der Waals surface area (Å²) in [5, 5.41) is 3.24. The van der Waals surface area contributed by atoms with E-state index >= 15 is 0 Å². The van der Waals surface area contributed by atoms with Crippen molar-refractivity contribution in [3.8, 4) is 5.88 Å². The van der Waals surface area contributed by atoms with E-state index < -0.39 is 0 Å². The first-order valence-corrected chi connectivity index (χ1v) is 4.89. The molecule has 2 rings (SSSR count). The molecule has 0 atom stereocenters. The maximum Gasteiger partial charge on any atom is 0.238 e. The van der Waals surface area contributed by atoms with Crippen LogP contribution in [-0.4, -0.2) is 18.1 Å². The van der Waals surface area contributed by atoms with Crippen LogP contribution in [0.25, 0.3) is 0 Å². The van der Waals surface area contributed by atoms with E-state index in [-0.39, 0.29) is 0 Å². The van der Waals surface area contributed by atoms with Gasteiger partial charge in [0.25, 0.3) is 0 Å². The van der Waals surface area contributed by atoms with Crippen LogP contribution in [0.3, 0.4) is 0 Å². The highest BCUT2D eigenvalue weighted by atomic mass is 127. The van der Waals surface area contributed by atoms with Gasteiger partial charge in [0.05, 0.1) is 5.69 Å². The van der Waals surface area contributed by atoms with Crippen LogP contribution in [0.2, 0.25) is 0 Å². The summed E-state index contributed by atoms with van der Waals surface area (Å²) in [6.45, 7) is 3.62. The minimum Gasteiger partial charge on any atom is -0.474 e. The highest BCUT2D eigenvalue weighted by molar-refractivity contribution is 14.1. The number of anilines is 1. The monoisotopic (exact) mass is 276 g/mol. The van der Waals surface area contributed by atoms with E-state index in [2.05, 4.69) is 39.0 Å². The van der Waals surface area contributed by atoms with Crippen molar-refractivity contribution < 1.29 is 4.74 Å². The van der Waals surface area contributed by atoms with E-state index in [9.17, 15) is 0 Å². The number of nitrogens with one attached hydrogen (secondary N) is 1. The molecule has 0 radical (unpaired) electrons. The zero-order valence-electron chi connectivity index (χ0n) is 6.72. The average Bonchev–Trinajstić information content (AvgIpc) is 2.07. The van der Waals surface area contributed by atoms with Gasteiger partial charge in [-0.25, -0.2) is 4.98 Å². The Morgan fingerprint density at radius 3 is 3.33 bits per heavy atom. The number of hydrogen-bond acceptors (Lipinski definition) is 3. The number of aromatic nitrogens is 1. The first kappa shape index (κ1) is 8.10. The van der Waals surface area contributed by atoms with Gasteiger partial charge in [0.15, 0.2) is 0 Å². The van der Waals surface area contributed by atoms with Gasteiger partial charge in [0.1, 0.15) is 10.3 Å². The molecule has 0 unspecified atom stereocenters. The number of fused-ring (bicyclic) bond motifs is 1. The lowest BCUT2D eigenvalue weighted by Gasteiger charge is -2.18. The van der Waals surface area contributed by atoms with Crippen molar-refractivity contribution in [1.82, 2.24) is 4.98 Å². The maximum atomic E-state index is 5.38. The molecule has 0 amide bonds. The van der Waals surface area contributed by atoms with E-state index in [0.717, 1.165) is 21.8 Å². The zero-order chi connectivity index (χ0) is 8.55. The Kier molecular flexibility index (Phi) is 2.08. The van der Waals surface area contributed by atoms with Crippen LogP contribution < -0.4 is 10.1 Å². The van der Waals surface area contributed by atoms with Crippen LogP contribution in [0.4, 0.5) is 5.69 Å². The molecule has 1 aliphatic heterocycles. The largest absolute Gasteiger partial charge is 0.474 e. The summed E-state index contributed by atoms with van der Waals surface area (Å²) in [7, 11) is 0. The highest BCUT2D eigenvalue weighted by Gasteiger charge is 2.12. The highest BCUT2D eigenvalue weighted by Crippen LogP contribution is 2.27. The van der Waals surface area contributed by atoms with Crippen LogP contribution in [0, 0.1) is 10.6 Å². The van der Waals surface area contributed by atoms with E-state index in [1.165, 1.54) is 5.56 Å². The molecule has 1 aromatic rings. The second-order valence-electron chi connectivity index (χ2n) is 2.72. The quantitative estimate of drug-likeness (QED) is 0.579. The van der Waals surface area contributed by atoms with Gasteiger partial charge in [-0.1, -0.05) is 0 Å². The van der Waals surface area contributed by atoms with Gasteiger partial charge in [-0.05, 0) is 41.1 Å². The van der Waals surface area contributed by atoms with E-state index in [0.29, 0.717) is 6.61 Å². The van der Waals surface area contributed by atoms with Gasteiger partial charge >= 0.3 is 0 Å². The molecule has 0 fully saturated rings. The van der Waals surface area contributed by atoms with Crippen molar-refractivity contribution in [3.05, 3.63) is 15.3 Å². The normalized spacial score (nSPS) is 14.5. The predicted octanol–water partition coefficient (Wildman–Crippen LogP) is 1.80. The van der Waals surface area contributed by atoms with Crippen molar-refractivity contribution in [1.29, 1.82) is 0 Å². The number of hydrogen-bond donors (Lipinski definition) is 1. The molecule has 0 bridgehead atoms. The molecule has 1 aliphatic rings. The lowest BCUT2D eigenvalue weighted by molar-refractivity contribution is 0.309. The number of ether oxygens (including phenoxy) is 1. The van der Waals surface area contributed by atoms with Crippen LogP contribution in [0.15, 0.2) is 6.07 Å². The summed E-state index contributed by atoms with van der Waals surface area (Å²) >= 11 is 2.21. The molecule has 0 spiro atoms. The molecule has 1 N–H and O–H groups in total. The summed E-state index contributed by atoms with van der Waals surface area (Å²) in [5.74, 6) is 0.733. The third-order valence-corrected chi connectivity index (χ3v) is 2.86. The molecular formula is C8H9IN2O. The lowest BCUT2D eigenvalue weighted by Crippen LogP contribution is -2.19. The fourth-order valence-corrected chi connectivity index (χ4v) is 1.52. The first-order chi connectivity index (χ1) is 5.77. The standard InChI is InChI=1S/C8H9IN2O/c1-5-4-6-8(11-7(5)9)12-3-2-10-6/h4,10H,2-3H2,1H3. The van der Waals surface area contributed by atoms with Crippen molar-refractivity contribution in [2.24, 2.45) is 0 Å². The molecule has 3 nitrogen and oxygen atoms in total.